The quantitative estimate of drug-likeness (QED) is 0.552. The molecule has 0 bridgehead atoms. The van der Waals surface area contributed by atoms with E-state index in [1.807, 2.05) is 0 Å². The number of amides is 1. The Labute approximate surface area is 98.4 Å². The van der Waals surface area contributed by atoms with Crippen LogP contribution in [0.2, 0.25) is 0 Å². The first-order valence-corrected chi connectivity index (χ1v) is 4.92. The summed E-state index contributed by atoms with van der Waals surface area (Å²) in [6.45, 7) is 3.52. The lowest BCUT2D eigenvalue weighted by Gasteiger charge is -2.07. The Morgan fingerprint density at radius 3 is 2.47 bits per heavy atom. The van der Waals surface area contributed by atoms with Crippen molar-refractivity contribution in [2.75, 3.05) is 5.32 Å². The molecule has 0 aliphatic rings. The maximum absolute atomic E-state index is 11.4. The minimum atomic E-state index is -1.21. The number of phenols is 1. The van der Waals surface area contributed by atoms with Crippen LogP contribution in [0.3, 0.4) is 0 Å². The van der Waals surface area contributed by atoms with Gasteiger partial charge in [-0.3, -0.25) is 4.79 Å². The summed E-state index contributed by atoms with van der Waals surface area (Å²) in [5, 5.41) is 20.5. The molecular formula is C12H13NO4. The Bertz CT molecular complexity index is 487. The molecule has 0 fully saturated rings. The summed E-state index contributed by atoms with van der Waals surface area (Å²) < 4.78 is 0. The number of anilines is 1. The molecule has 17 heavy (non-hydrogen) atoms. The number of hydrogen-bond donors (Lipinski definition) is 3. The third kappa shape index (κ3) is 3.64. The van der Waals surface area contributed by atoms with Gasteiger partial charge in [0.2, 0.25) is 5.91 Å². The number of carbonyl (C=O) groups is 2. The maximum atomic E-state index is 11.4. The fraction of sp³-hybridized carbons (Fsp3) is 0.167. The molecule has 0 spiro atoms. The summed E-state index contributed by atoms with van der Waals surface area (Å²) in [6.07, 6.45) is 1.36. The predicted octanol–water partition coefficient (Wildman–Crippen LogP) is 2.00. The lowest BCUT2D eigenvalue weighted by molar-refractivity contribution is -0.111. The lowest BCUT2D eigenvalue weighted by Crippen LogP contribution is -2.12. The molecule has 0 atom stereocenters. The van der Waals surface area contributed by atoms with Gasteiger partial charge in [0, 0.05) is 6.08 Å². The van der Waals surface area contributed by atoms with Crippen molar-refractivity contribution in [1.82, 2.24) is 0 Å². The van der Waals surface area contributed by atoms with E-state index in [0.29, 0.717) is 0 Å². The van der Waals surface area contributed by atoms with E-state index in [1.54, 1.807) is 13.8 Å². The monoisotopic (exact) mass is 235 g/mol. The molecule has 0 saturated carbocycles. The second-order valence-electron chi connectivity index (χ2n) is 3.75. The third-order valence-electron chi connectivity index (χ3n) is 1.91. The van der Waals surface area contributed by atoms with Crippen LogP contribution in [0.1, 0.15) is 24.2 Å². The molecule has 1 rings (SSSR count). The first-order valence-electron chi connectivity index (χ1n) is 4.92. The number of nitrogens with one attached hydrogen (secondary N) is 1. The standard InChI is InChI=1S/C12H13NO4/c1-7(2)5-11(15)13-10-4-3-8(14)6-9(10)12(16)17/h3-6,14H,1-2H3,(H,13,15)(H,16,17). The molecule has 0 aliphatic heterocycles. The SMILES string of the molecule is CC(C)=CC(=O)Nc1ccc(O)cc1C(=O)O. The van der Waals surface area contributed by atoms with E-state index in [9.17, 15) is 14.7 Å². The van der Waals surface area contributed by atoms with E-state index < -0.39 is 11.9 Å². The molecule has 90 valence electrons. The van der Waals surface area contributed by atoms with Crippen molar-refractivity contribution in [3.63, 3.8) is 0 Å². The first kappa shape index (κ1) is 12.8. The van der Waals surface area contributed by atoms with Gasteiger partial charge in [0.15, 0.2) is 0 Å². The van der Waals surface area contributed by atoms with Crippen LogP contribution in [0.15, 0.2) is 29.8 Å². The maximum Gasteiger partial charge on any atom is 0.337 e. The van der Waals surface area contributed by atoms with Crippen LogP contribution in [0.5, 0.6) is 5.75 Å². The van der Waals surface area contributed by atoms with Gasteiger partial charge in [0.05, 0.1) is 11.3 Å². The van der Waals surface area contributed by atoms with Crippen LogP contribution in [0, 0.1) is 0 Å². The molecule has 0 aromatic heterocycles. The molecular weight excluding hydrogens is 222 g/mol. The van der Waals surface area contributed by atoms with Crippen LogP contribution >= 0.6 is 0 Å². The number of carboxylic acid groups (broad SMARTS) is 1. The number of phenolic OH excluding ortho intramolecular Hbond substituents is 1. The Morgan fingerprint density at radius 2 is 1.94 bits per heavy atom. The van der Waals surface area contributed by atoms with Gasteiger partial charge in [-0.05, 0) is 32.0 Å². The largest absolute Gasteiger partial charge is 0.508 e. The van der Waals surface area contributed by atoms with Gasteiger partial charge in [-0.25, -0.2) is 4.79 Å². The fourth-order valence-corrected chi connectivity index (χ4v) is 1.25. The second-order valence-corrected chi connectivity index (χ2v) is 3.75. The molecule has 5 nitrogen and oxygen atoms in total. The van der Waals surface area contributed by atoms with Crippen molar-refractivity contribution in [2.24, 2.45) is 0 Å². The highest BCUT2D eigenvalue weighted by molar-refractivity contribution is 6.04. The normalized spacial score (nSPS) is 9.53. The number of aromatic carboxylic acids is 1. The molecule has 3 N–H and O–H groups in total. The summed E-state index contributed by atoms with van der Waals surface area (Å²) >= 11 is 0. The summed E-state index contributed by atoms with van der Waals surface area (Å²) in [5.74, 6) is -1.78. The highest BCUT2D eigenvalue weighted by Gasteiger charge is 2.12. The number of carboxylic acids is 1. The smallest absolute Gasteiger partial charge is 0.337 e. The van der Waals surface area contributed by atoms with Gasteiger partial charge in [0.1, 0.15) is 5.75 Å². The molecule has 1 aromatic rings. The van der Waals surface area contributed by atoms with E-state index in [0.717, 1.165) is 11.6 Å². The summed E-state index contributed by atoms with van der Waals surface area (Å²) in [6, 6.07) is 3.74. The van der Waals surface area contributed by atoms with Crippen LogP contribution < -0.4 is 5.32 Å². The molecule has 1 amide bonds. The third-order valence-corrected chi connectivity index (χ3v) is 1.91. The number of hydrogen-bond acceptors (Lipinski definition) is 3. The zero-order valence-corrected chi connectivity index (χ0v) is 9.52. The van der Waals surface area contributed by atoms with Crippen LogP contribution in [-0.2, 0) is 4.79 Å². The van der Waals surface area contributed by atoms with Crippen molar-refractivity contribution in [2.45, 2.75) is 13.8 Å². The Kier molecular flexibility index (Phi) is 3.87. The Hall–Kier alpha value is -2.30. The van der Waals surface area contributed by atoms with Crippen molar-refractivity contribution >= 4 is 17.6 Å². The van der Waals surface area contributed by atoms with Gasteiger partial charge in [-0.2, -0.15) is 0 Å². The number of rotatable bonds is 3. The Balaban J connectivity index is 3.03. The topological polar surface area (TPSA) is 86.6 Å². The predicted molar refractivity (Wildman–Crippen MR) is 63.1 cm³/mol. The van der Waals surface area contributed by atoms with Crippen LogP contribution in [-0.4, -0.2) is 22.1 Å². The van der Waals surface area contributed by atoms with Gasteiger partial charge in [-0.1, -0.05) is 5.57 Å². The number of allylic oxidation sites excluding steroid dienone is 1. The van der Waals surface area contributed by atoms with E-state index in [2.05, 4.69) is 5.32 Å². The Morgan fingerprint density at radius 1 is 1.29 bits per heavy atom. The van der Waals surface area contributed by atoms with Crippen molar-refractivity contribution < 1.29 is 19.8 Å². The van der Waals surface area contributed by atoms with Gasteiger partial charge >= 0.3 is 5.97 Å². The number of carbonyl (C=O) groups excluding carboxylic acids is 1. The molecule has 1 aromatic carbocycles. The molecule has 5 heteroatoms. The van der Waals surface area contributed by atoms with E-state index in [-0.39, 0.29) is 17.0 Å². The van der Waals surface area contributed by atoms with E-state index in [4.69, 9.17) is 5.11 Å². The van der Waals surface area contributed by atoms with Gasteiger partial charge in [0.25, 0.3) is 0 Å². The average Bonchev–Trinajstić information content (AvgIpc) is 2.19. The first-order chi connectivity index (χ1) is 7.90. The highest BCUT2D eigenvalue weighted by Crippen LogP contribution is 2.21. The average molecular weight is 235 g/mol. The minimum Gasteiger partial charge on any atom is -0.508 e. The van der Waals surface area contributed by atoms with Crippen molar-refractivity contribution in [3.8, 4) is 5.75 Å². The van der Waals surface area contributed by atoms with Gasteiger partial charge in [-0.15, -0.1) is 0 Å². The summed E-state index contributed by atoms with van der Waals surface area (Å²) in [4.78, 5) is 22.3. The molecule has 0 unspecified atom stereocenters. The molecule has 0 radical (unpaired) electrons. The zero-order chi connectivity index (χ0) is 13.0. The van der Waals surface area contributed by atoms with E-state index >= 15 is 0 Å². The van der Waals surface area contributed by atoms with Crippen LogP contribution in [0.4, 0.5) is 5.69 Å². The molecule has 0 aliphatic carbocycles. The fourth-order valence-electron chi connectivity index (χ4n) is 1.25. The summed E-state index contributed by atoms with van der Waals surface area (Å²) in [5.41, 5.74) is 0.802. The number of aromatic hydroxyl groups is 1. The lowest BCUT2D eigenvalue weighted by atomic mass is 10.1. The van der Waals surface area contributed by atoms with Gasteiger partial charge < -0.3 is 15.5 Å². The number of benzene rings is 1. The van der Waals surface area contributed by atoms with Crippen LogP contribution in [0.25, 0.3) is 0 Å². The minimum absolute atomic E-state index is 0.151. The van der Waals surface area contributed by atoms with E-state index in [1.165, 1.54) is 18.2 Å². The molecule has 0 saturated heterocycles. The highest BCUT2D eigenvalue weighted by atomic mass is 16.4. The summed E-state index contributed by atoms with van der Waals surface area (Å²) in [7, 11) is 0. The second kappa shape index (κ2) is 5.16. The van der Waals surface area contributed by atoms with Crippen molar-refractivity contribution in [1.29, 1.82) is 0 Å². The molecule has 0 heterocycles. The van der Waals surface area contributed by atoms with Crippen molar-refractivity contribution in [3.05, 3.63) is 35.4 Å². The zero-order valence-electron chi connectivity index (χ0n) is 9.52.